The van der Waals surface area contributed by atoms with Crippen LogP contribution in [0.1, 0.15) is 75.4 Å². The van der Waals surface area contributed by atoms with Crippen molar-refractivity contribution in [2.75, 3.05) is 5.73 Å². The Balaban J connectivity index is 2.11. The number of carbonyl (C=O) groups excluding carboxylic acids is 2. The summed E-state index contributed by atoms with van der Waals surface area (Å²) in [7, 11) is 0. The summed E-state index contributed by atoms with van der Waals surface area (Å²) < 4.78 is 5.65. The van der Waals surface area contributed by atoms with Crippen LogP contribution in [0.5, 0.6) is 5.75 Å². The van der Waals surface area contributed by atoms with Gasteiger partial charge < -0.3 is 26.4 Å². The van der Waals surface area contributed by atoms with Crippen LogP contribution in [0.4, 0.5) is 5.69 Å². The minimum absolute atomic E-state index is 0.0406. The number of hydrogen-bond donors (Lipinski definition) is 4. The van der Waals surface area contributed by atoms with Crippen molar-refractivity contribution in [3.8, 4) is 5.75 Å². The predicted octanol–water partition coefficient (Wildman–Crippen LogP) is 2.89. The lowest BCUT2D eigenvalue weighted by Crippen LogP contribution is -2.20. The molecule has 3 rings (SSSR count). The second-order valence-corrected chi connectivity index (χ2v) is 8.08. The van der Waals surface area contributed by atoms with Crippen LogP contribution in [0.3, 0.4) is 0 Å². The van der Waals surface area contributed by atoms with E-state index in [9.17, 15) is 24.3 Å². The molecule has 0 fully saturated rings. The first-order chi connectivity index (χ1) is 15.7. The molecule has 0 saturated heterocycles. The average Bonchev–Trinajstić information content (AvgIpc) is 2.74. The van der Waals surface area contributed by atoms with E-state index in [4.69, 9.17) is 21.3 Å². The number of carbonyl (C=O) groups is 4. The van der Waals surface area contributed by atoms with Gasteiger partial charge in [-0.3, -0.25) is 14.4 Å². The zero-order valence-electron chi connectivity index (χ0n) is 18.0. The van der Waals surface area contributed by atoms with Gasteiger partial charge in [-0.05, 0) is 61.1 Å². The van der Waals surface area contributed by atoms with Gasteiger partial charge in [0.05, 0.1) is 17.9 Å². The number of benzene rings is 2. The zero-order valence-corrected chi connectivity index (χ0v) is 18.0. The topological polar surface area (TPSA) is 170 Å². The lowest BCUT2D eigenvalue weighted by molar-refractivity contribution is -0.145. The number of esters is 1. The molecule has 2 aromatic carbocycles. The Bertz CT molecular complexity index is 1110. The Morgan fingerprint density at radius 1 is 1.03 bits per heavy atom. The largest absolute Gasteiger partial charge is 0.481 e. The summed E-state index contributed by atoms with van der Waals surface area (Å²) in [5.74, 6) is -5.23. The molecule has 0 spiro atoms. The fourth-order valence-electron chi connectivity index (χ4n) is 4.16. The third-order valence-electron chi connectivity index (χ3n) is 5.81. The quantitative estimate of drug-likeness (QED) is 0.303. The van der Waals surface area contributed by atoms with Crippen LogP contribution < -0.4 is 16.2 Å². The number of ether oxygens (including phenoxy) is 1. The number of anilines is 1. The van der Waals surface area contributed by atoms with E-state index in [-0.39, 0.29) is 28.1 Å². The highest BCUT2D eigenvalue weighted by Gasteiger charge is 2.28. The third kappa shape index (κ3) is 5.49. The first-order valence-corrected chi connectivity index (χ1v) is 10.7. The molecule has 1 unspecified atom stereocenters. The number of amides is 1. The molecule has 0 aromatic heterocycles. The minimum atomic E-state index is -1.42. The van der Waals surface area contributed by atoms with Gasteiger partial charge in [-0.15, -0.1) is 0 Å². The Labute approximate surface area is 190 Å². The first kappa shape index (κ1) is 23.8. The van der Waals surface area contributed by atoms with Crippen LogP contribution in [-0.4, -0.2) is 34.0 Å². The summed E-state index contributed by atoms with van der Waals surface area (Å²) in [6.45, 7) is 0. The Morgan fingerprint density at radius 2 is 1.73 bits per heavy atom. The smallest absolute Gasteiger partial charge is 0.343 e. The second kappa shape index (κ2) is 10.2. The molecule has 2 aromatic rings. The number of carboxylic acid groups (broad SMARTS) is 2. The monoisotopic (exact) mass is 454 g/mol. The first-order valence-electron chi connectivity index (χ1n) is 10.7. The number of aryl methyl sites for hydroxylation is 1. The second-order valence-electron chi connectivity index (χ2n) is 8.08. The van der Waals surface area contributed by atoms with Gasteiger partial charge in [0, 0.05) is 16.8 Å². The van der Waals surface area contributed by atoms with E-state index in [1.807, 2.05) is 0 Å². The van der Waals surface area contributed by atoms with Crippen LogP contribution in [0.2, 0.25) is 0 Å². The van der Waals surface area contributed by atoms with E-state index < -0.39 is 36.2 Å². The molecule has 1 aliphatic rings. The van der Waals surface area contributed by atoms with Gasteiger partial charge in [0.2, 0.25) is 5.91 Å². The summed E-state index contributed by atoms with van der Waals surface area (Å²) in [5, 5.41) is 18.7. The Morgan fingerprint density at radius 3 is 2.36 bits per heavy atom. The fraction of sp³-hybridized carbons (Fsp3) is 0.333. The third-order valence-corrected chi connectivity index (χ3v) is 5.81. The molecule has 1 atom stereocenters. The minimum Gasteiger partial charge on any atom is -0.481 e. The maximum absolute atomic E-state index is 13.2. The summed E-state index contributed by atoms with van der Waals surface area (Å²) in [5.41, 5.74) is 13.3. The number of rotatable bonds is 5. The van der Waals surface area contributed by atoms with E-state index in [0.29, 0.717) is 24.0 Å². The van der Waals surface area contributed by atoms with Crippen LogP contribution in [0, 0.1) is 0 Å². The van der Waals surface area contributed by atoms with Gasteiger partial charge in [0.25, 0.3) is 0 Å². The molecule has 1 amide bonds. The molecule has 0 radical (unpaired) electrons. The van der Waals surface area contributed by atoms with Gasteiger partial charge in [-0.2, -0.15) is 0 Å². The maximum Gasteiger partial charge on any atom is 0.343 e. The molecule has 0 aliphatic carbocycles. The highest BCUT2D eigenvalue weighted by atomic mass is 16.5. The van der Waals surface area contributed by atoms with Gasteiger partial charge in [0.15, 0.2) is 0 Å². The molecular weight excluding hydrogens is 428 g/mol. The molecule has 9 nitrogen and oxygen atoms in total. The van der Waals surface area contributed by atoms with Crippen molar-refractivity contribution in [3.63, 3.8) is 0 Å². The molecule has 174 valence electrons. The highest BCUT2D eigenvalue weighted by Crippen LogP contribution is 2.32. The van der Waals surface area contributed by atoms with Gasteiger partial charge in [-0.25, -0.2) is 4.79 Å². The van der Waals surface area contributed by atoms with E-state index in [2.05, 4.69) is 0 Å². The van der Waals surface area contributed by atoms with Crippen molar-refractivity contribution in [3.05, 3.63) is 58.1 Å². The number of nitrogens with two attached hydrogens (primary N) is 2. The standard InChI is InChI=1S/C24H26N2O7/c25-19-10-13-6-3-1-2-4-7-14-15(22(26)29)8-5-9-20(14)33-24(32)16(13)11-17(19)18(23(30)31)12-21(27)28/h5,8-11,18H,1-4,6-7,12,25H2,(H2,26,29)(H,27,28)(H,30,31). The van der Waals surface area contributed by atoms with Crippen LogP contribution >= 0.6 is 0 Å². The molecule has 1 heterocycles. The van der Waals surface area contributed by atoms with Gasteiger partial charge >= 0.3 is 17.9 Å². The summed E-state index contributed by atoms with van der Waals surface area (Å²) in [4.78, 5) is 48.0. The van der Waals surface area contributed by atoms with Crippen LogP contribution in [-0.2, 0) is 22.4 Å². The van der Waals surface area contributed by atoms with E-state index in [0.717, 1.165) is 25.7 Å². The number of aliphatic carboxylic acids is 2. The van der Waals surface area contributed by atoms with Crippen molar-refractivity contribution in [1.82, 2.24) is 0 Å². The highest BCUT2D eigenvalue weighted by molar-refractivity contribution is 5.97. The lowest BCUT2D eigenvalue weighted by atomic mass is 9.89. The van der Waals surface area contributed by atoms with Crippen molar-refractivity contribution < 1.29 is 34.1 Å². The normalized spacial score (nSPS) is 15.1. The maximum atomic E-state index is 13.2. The van der Waals surface area contributed by atoms with Crippen LogP contribution in [0.25, 0.3) is 0 Å². The average molecular weight is 454 g/mol. The van der Waals surface area contributed by atoms with Gasteiger partial charge in [-0.1, -0.05) is 18.9 Å². The molecule has 0 bridgehead atoms. The predicted molar refractivity (Wildman–Crippen MR) is 119 cm³/mol. The van der Waals surface area contributed by atoms with Crippen molar-refractivity contribution in [1.29, 1.82) is 0 Å². The molecule has 0 saturated carbocycles. The zero-order chi connectivity index (χ0) is 24.1. The summed E-state index contributed by atoms with van der Waals surface area (Å²) >= 11 is 0. The number of carboxylic acids is 2. The molecule has 1 aliphatic heterocycles. The number of nitrogen functional groups attached to an aromatic ring is 1. The molecule has 33 heavy (non-hydrogen) atoms. The molecule has 6 N–H and O–H groups in total. The Kier molecular flexibility index (Phi) is 7.32. The molecule has 9 heteroatoms. The number of hydrogen-bond acceptors (Lipinski definition) is 6. The van der Waals surface area contributed by atoms with Crippen molar-refractivity contribution >= 4 is 29.5 Å². The van der Waals surface area contributed by atoms with Crippen molar-refractivity contribution in [2.24, 2.45) is 5.73 Å². The SMILES string of the molecule is NC(=O)c1cccc2c1CCCCCCc1cc(N)c(C(CC(=O)O)C(=O)O)cc1C(=O)O2. The lowest BCUT2D eigenvalue weighted by Gasteiger charge is -2.19. The summed E-state index contributed by atoms with van der Waals surface area (Å²) in [6, 6.07) is 7.57. The van der Waals surface area contributed by atoms with Crippen LogP contribution in [0.15, 0.2) is 30.3 Å². The number of fused-ring (bicyclic) bond motifs is 2. The fourth-order valence-corrected chi connectivity index (χ4v) is 4.16. The van der Waals surface area contributed by atoms with Crippen molar-refractivity contribution in [2.45, 2.75) is 50.9 Å². The Hall–Kier alpha value is -3.88. The number of primary amides is 1. The van der Waals surface area contributed by atoms with E-state index in [1.54, 1.807) is 18.2 Å². The van der Waals surface area contributed by atoms with E-state index >= 15 is 0 Å². The molecular formula is C24H26N2O7. The van der Waals surface area contributed by atoms with E-state index in [1.165, 1.54) is 12.1 Å². The van der Waals surface area contributed by atoms with Gasteiger partial charge in [0.1, 0.15) is 5.75 Å². The summed E-state index contributed by atoms with van der Waals surface area (Å²) in [6.07, 6.45) is 3.68.